The molecule has 0 aliphatic carbocycles. The number of likely N-dealkylation sites (N-methyl/N-ethyl adjacent to an activating group) is 1. The van der Waals surface area contributed by atoms with Crippen LogP contribution in [0.5, 0.6) is 0 Å². The van der Waals surface area contributed by atoms with E-state index in [1.165, 1.54) is 16.0 Å². The van der Waals surface area contributed by atoms with E-state index in [9.17, 15) is 4.79 Å². The molecule has 2 aliphatic heterocycles. The van der Waals surface area contributed by atoms with Crippen LogP contribution < -0.4 is 14.7 Å². The number of amides is 1. The van der Waals surface area contributed by atoms with E-state index >= 15 is 0 Å². The second-order valence-electron chi connectivity index (χ2n) is 9.96. The van der Waals surface area contributed by atoms with Crippen molar-refractivity contribution < 1.29 is 14.6 Å². The van der Waals surface area contributed by atoms with Gasteiger partial charge in [-0.2, -0.15) is 0 Å². The van der Waals surface area contributed by atoms with Gasteiger partial charge in [0.05, 0.1) is 7.05 Å². The first-order valence-corrected chi connectivity index (χ1v) is 11.4. The van der Waals surface area contributed by atoms with Gasteiger partial charge in [-0.3, -0.25) is 4.79 Å². The number of nitrogens with one attached hydrogen (secondary N) is 2. The van der Waals surface area contributed by atoms with Crippen LogP contribution in [0.2, 0.25) is 5.02 Å². The highest BCUT2D eigenvalue weighted by Gasteiger charge is 2.48. The van der Waals surface area contributed by atoms with Crippen LogP contribution in [0, 0.1) is 0 Å². The third-order valence-corrected chi connectivity index (χ3v) is 7.33. The Hall–Kier alpha value is -1.88. The topological polar surface area (TPSA) is 29.2 Å². The molecular formula is C25H34ClN3O+2. The number of rotatable bonds is 3. The number of fused-ring (bicyclic) bond motifs is 1. The summed E-state index contributed by atoms with van der Waals surface area (Å²) in [5.74, 6) is 0.236. The lowest BCUT2D eigenvalue weighted by Gasteiger charge is -2.51. The van der Waals surface area contributed by atoms with Crippen molar-refractivity contribution >= 4 is 23.2 Å². The normalized spacial score (nSPS) is 28.1. The third-order valence-electron chi connectivity index (χ3n) is 7.07. The first kappa shape index (κ1) is 21.4. The first-order valence-electron chi connectivity index (χ1n) is 11.0. The molecule has 160 valence electrons. The summed E-state index contributed by atoms with van der Waals surface area (Å²) in [6.07, 6.45) is 0.868. The highest BCUT2D eigenvalue weighted by molar-refractivity contribution is 6.30. The predicted molar refractivity (Wildman–Crippen MR) is 123 cm³/mol. The van der Waals surface area contributed by atoms with E-state index in [0.29, 0.717) is 6.54 Å². The molecule has 30 heavy (non-hydrogen) atoms. The minimum Gasteiger partial charge on any atom is -0.328 e. The molecule has 4 nitrogen and oxygen atoms in total. The fourth-order valence-electron chi connectivity index (χ4n) is 5.55. The number of benzene rings is 2. The lowest BCUT2D eigenvalue weighted by Crippen LogP contribution is -3.27. The van der Waals surface area contributed by atoms with E-state index in [0.717, 1.165) is 43.3 Å². The quantitative estimate of drug-likeness (QED) is 0.765. The Morgan fingerprint density at radius 3 is 2.30 bits per heavy atom. The van der Waals surface area contributed by atoms with Crippen LogP contribution in [-0.2, 0) is 10.2 Å². The second kappa shape index (κ2) is 7.99. The Kier molecular flexibility index (Phi) is 5.69. The van der Waals surface area contributed by atoms with Gasteiger partial charge in [0.25, 0.3) is 5.91 Å². The number of carbonyl (C=O) groups is 1. The smallest absolute Gasteiger partial charge is 0.282 e. The van der Waals surface area contributed by atoms with Crippen LogP contribution in [0.1, 0.15) is 38.3 Å². The van der Waals surface area contributed by atoms with Crippen molar-refractivity contribution in [1.82, 2.24) is 0 Å². The molecule has 0 radical (unpaired) electrons. The highest BCUT2D eigenvalue weighted by Crippen LogP contribution is 2.50. The van der Waals surface area contributed by atoms with Gasteiger partial charge in [0.15, 0.2) is 6.54 Å². The maximum Gasteiger partial charge on any atom is 0.282 e. The van der Waals surface area contributed by atoms with Crippen molar-refractivity contribution in [2.45, 2.75) is 38.1 Å². The Morgan fingerprint density at radius 1 is 1.00 bits per heavy atom. The molecule has 2 aromatic rings. The van der Waals surface area contributed by atoms with Gasteiger partial charge in [-0.1, -0.05) is 48.9 Å². The van der Waals surface area contributed by atoms with E-state index < -0.39 is 0 Å². The number of hydrogen-bond acceptors (Lipinski definition) is 1. The number of carbonyl (C=O) groups excluding carboxylic acids is 1. The minimum atomic E-state index is -0.281. The number of anilines is 1. The molecule has 2 heterocycles. The molecule has 0 unspecified atom stereocenters. The summed E-state index contributed by atoms with van der Waals surface area (Å²) >= 11 is 6.16. The Bertz CT molecular complexity index is 918. The number of quaternary nitrogens is 2. The van der Waals surface area contributed by atoms with Gasteiger partial charge < -0.3 is 14.7 Å². The summed E-state index contributed by atoms with van der Waals surface area (Å²) in [5, 5.41) is 0.750. The van der Waals surface area contributed by atoms with Gasteiger partial charge in [-0.15, -0.1) is 0 Å². The van der Waals surface area contributed by atoms with Crippen LogP contribution in [-0.4, -0.2) is 51.2 Å². The summed E-state index contributed by atoms with van der Waals surface area (Å²) < 4.78 is 0. The molecule has 0 spiro atoms. The number of halogens is 1. The summed E-state index contributed by atoms with van der Waals surface area (Å²) in [7, 11) is 2.24. The molecule has 1 fully saturated rings. The van der Waals surface area contributed by atoms with E-state index in [1.54, 1.807) is 4.90 Å². The zero-order chi connectivity index (χ0) is 21.5. The van der Waals surface area contributed by atoms with Crippen LogP contribution >= 0.6 is 11.6 Å². The Balaban J connectivity index is 1.70. The fraction of sp³-hybridized carbons (Fsp3) is 0.480. The number of para-hydroxylation sites is 1. The van der Waals surface area contributed by atoms with E-state index in [4.69, 9.17) is 11.6 Å². The lowest BCUT2D eigenvalue weighted by atomic mass is 9.65. The van der Waals surface area contributed by atoms with Crippen molar-refractivity contribution in [3.63, 3.8) is 0 Å². The van der Waals surface area contributed by atoms with Crippen molar-refractivity contribution in [1.29, 1.82) is 0 Å². The fourth-order valence-corrected chi connectivity index (χ4v) is 5.67. The minimum absolute atomic E-state index is 0.175. The largest absolute Gasteiger partial charge is 0.328 e. The van der Waals surface area contributed by atoms with Crippen molar-refractivity contribution in [2.24, 2.45) is 0 Å². The molecule has 2 aromatic carbocycles. The summed E-state index contributed by atoms with van der Waals surface area (Å²) in [6.45, 7) is 11.7. The van der Waals surface area contributed by atoms with Gasteiger partial charge in [0, 0.05) is 21.7 Å². The Morgan fingerprint density at radius 2 is 1.63 bits per heavy atom. The summed E-state index contributed by atoms with van der Waals surface area (Å²) in [5.41, 5.74) is 3.06. The van der Waals surface area contributed by atoms with Crippen molar-refractivity contribution in [3.8, 4) is 0 Å². The molecule has 5 heteroatoms. The molecule has 0 bridgehead atoms. The zero-order valence-corrected chi connectivity index (χ0v) is 19.4. The molecule has 1 amide bonds. The molecule has 2 N–H and O–H groups in total. The number of hydrogen-bond donors (Lipinski definition) is 2. The number of piperazine rings is 1. The maximum absolute atomic E-state index is 13.6. The van der Waals surface area contributed by atoms with Gasteiger partial charge >= 0.3 is 0 Å². The van der Waals surface area contributed by atoms with Crippen LogP contribution in [0.3, 0.4) is 0 Å². The van der Waals surface area contributed by atoms with Gasteiger partial charge in [-0.05, 0) is 49.6 Å². The third kappa shape index (κ3) is 3.89. The van der Waals surface area contributed by atoms with Gasteiger partial charge in [0.2, 0.25) is 0 Å². The average Bonchev–Trinajstić information content (AvgIpc) is 2.69. The molecule has 0 saturated carbocycles. The predicted octanol–water partition coefficient (Wildman–Crippen LogP) is 1.57. The molecule has 4 rings (SSSR count). The summed E-state index contributed by atoms with van der Waals surface area (Å²) in [4.78, 5) is 18.7. The summed E-state index contributed by atoms with van der Waals surface area (Å²) in [6, 6.07) is 16.6. The standard InChI is InChI=1S/C25H32ClN3O/c1-24(2)18-25(3,19-9-11-20(26)12-10-19)21-7-5-6-8-22(21)29(24)23(30)17-28-15-13-27(4)14-16-28/h5-12H,13-18H2,1-4H3/p+2/t25-/m0/s1. The van der Waals surface area contributed by atoms with Crippen LogP contribution in [0.25, 0.3) is 0 Å². The van der Waals surface area contributed by atoms with Gasteiger partial charge in [-0.25, -0.2) is 0 Å². The monoisotopic (exact) mass is 427 g/mol. The Labute approximate surface area is 185 Å². The molecular weight excluding hydrogens is 394 g/mol. The first-order chi connectivity index (χ1) is 14.2. The molecule has 2 aliphatic rings. The molecule has 0 aromatic heterocycles. The molecule has 1 saturated heterocycles. The van der Waals surface area contributed by atoms with Gasteiger partial charge in [0.1, 0.15) is 26.2 Å². The average molecular weight is 428 g/mol. The van der Waals surface area contributed by atoms with E-state index in [1.807, 2.05) is 12.1 Å². The maximum atomic E-state index is 13.6. The molecule has 1 atom stereocenters. The van der Waals surface area contributed by atoms with Crippen molar-refractivity contribution in [2.75, 3.05) is 44.7 Å². The lowest BCUT2D eigenvalue weighted by molar-refractivity contribution is -1.000. The second-order valence-corrected chi connectivity index (χ2v) is 10.4. The van der Waals surface area contributed by atoms with E-state index in [-0.39, 0.29) is 16.9 Å². The van der Waals surface area contributed by atoms with Crippen LogP contribution in [0.15, 0.2) is 48.5 Å². The van der Waals surface area contributed by atoms with E-state index in [2.05, 4.69) is 69.1 Å². The zero-order valence-electron chi connectivity index (χ0n) is 18.6. The van der Waals surface area contributed by atoms with Crippen LogP contribution in [0.4, 0.5) is 5.69 Å². The van der Waals surface area contributed by atoms with Crippen molar-refractivity contribution in [3.05, 3.63) is 64.7 Å². The number of nitrogens with zero attached hydrogens (tertiary/aromatic N) is 1. The highest BCUT2D eigenvalue weighted by atomic mass is 35.5. The SMILES string of the molecule is C[NH+]1CC[NH+](CC(=O)N2c3ccccc3[C@](C)(c3ccc(Cl)cc3)CC2(C)C)CC1.